The minimum Gasteiger partial charge on any atom is -0.356 e. The largest absolute Gasteiger partial charge is 0.417 e. The summed E-state index contributed by atoms with van der Waals surface area (Å²) in [6.45, 7) is 6.27. The molecule has 1 saturated heterocycles. The van der Waals surface area contributed by atoms with Crippen LogP contribution in [0.4, 0.5) is 24.7 Å². The Balaban J connectivity index is 1.60. The van der Waals surface area contributed by atoms with Gasteiger partial charge in [0.15, 0.2) is 0 Å². The van der Waals surface area contributed by atoms with Gasteiger partial charge in [-0.05, 0) is 36.5 Å². The molecule has 162 valence electrons. The van der Waals surface area contributed by atoms with Gasteiger partial charge in [-0.3, -0.25) is 4.79 Å². The van der Waals surface area contributed by atoms with Crippen molar-refractivity contribution in [3.63, 3.8) is 0 Å². The molecule has 1 aliphatic heterocycles. The fourth-order valence-electron chi connectivity index (χ4n) is 3.59. The summed E-state index contributed by atoms with van der Waals surface area (Å²) >= 11 is 6.80. The van der Waals surface area contributed by atoms with Crippen molar-refractivity contribution in [2.75, 3.05) is 29.1 Å². The van der Waals surface area contributed by atoms with Crippen molar-refractivity contribution in [2.24, 2.45) is 11.8 Å². The Hall–Kier alpha value is -2.00. The molecule has 0 spiro atoms. The third-order valence-electron chi connectivity index (χ3n) is 4.73. The van der Waals surface area contributed by atoms with Gasteiger partial charge in [0.1, 0.15) is 17.2 Å². The number of halogens is 4. The number of aromatic nitrogens is 2. The molecule has 10 heteroatoms. The molecule has 5 nitrogen and oxygen atoms in total. The summed E-state index contributed by atoms with van der Waals surface area (Å²) in [4.78, 5) is 23.0. The van der Waals surface area contributed by atoms with Crippen LogP contribution in [-0.4, -0.2) is 34.7 Å². The molecule has 1 fully saturated rings. The summed E-state index contributed by atoms with van der Waals surface area (Å²) in [6, 6.07) is 5.12. The van der Waals surface area contributed by atoms with Crippen LogP contribution in [0.1, 0.15) is 25.8 Å². The molecule has 2 atom stereocenters. The number of thioether (sulfide) groups is 1. The Morgan fingerprint density at radius 1 is 1.23 bits per heavy atom. The molecular weight excluding hydrogens is 437 g/mol. The number of hydrogen-bond acceptors (Lipinski definition) is 5. The Kier molecular flexibility index (Phi) is 7.13. The third-order valence-corrected chi connectivity index (χ3v) is 5.98. The molecule has 2 aromatic rings. The van der Waals surface area contributed by atoms with Crippen LogP contribution in [0.15, 0.2) is 35.6 Å². The van der Waals surface area contributed by atoms with E-state index >= 15 is 0 Å². The highest BCUT2D eigenvalue weighted by Gasteiger charge is 2.33. The molecule has 0 bridgehead atoms. The van der Waals surface area contributed by atoms with Crippen molar-refractivity contribution >= 4 is 40.8 Å². The van der Waals surface area contributed by atoms with Crippen LogP contribution in [0.2, 0.25) is 5.02 Å². The van der Waals surface area contributed by atoms with Crippen LogP contribution in [0, 0.1) is 11.8 Å². The van der Waals surface area contributed by atoms with Crippen LogP contribution in [-0.2, 0) is 11.0 Å². The van der Waals surface area contributed by atoms with Crippen LogP contribution >= 0.6 is 23.4 Å². The smallest absolute Gasteiger partial charge is 0.356 e. The van der Waals surface area contributed by atoms with Gasteiger partial charge >= 0.3 is 6.18 Å². The van der Waals surface area contributed by atoms with Crippen molar-refractivity contribution in [3.05, 3.63) is 41.2 Å². The van der Waals surface area contributed by atoms with Crippen molar-refractivity contribution in [1.82, 2.24) is 9.97 Å². The Morgan fingerprint density at radius 3 is 2.60 bits per heavy atom. The van der Waals surface area contributed by atoms with Crippen molar-refractivity contribution in [3.8, 4) is 0 Å². The first-order valence-corrected chi connectivity index (χ1v) is 10.8. The number of hydrogen-bond donors (Lipinski definition) is 1. The molecule has 1 amide bonds. The number of rotatable bonds is 5. The Morgan fingerprint density at radius 2 is 1.93 bits per heavy atom. The van der Waals surface area contributed by atoms with Gasteiger partial charge in [-0.25, -0.2) is 9.97 Å². The minimum atomic E-state index is -4.59. The van der Waals surface area contributed by atoms with Gasteiger partial charge in [-0.2, -0.15) is 13.2 Å². The van der Waals surface area contributed by atoms with E-state index in [1.165, 1.54) is 30.6 Å². The highest BCUT2D eigenvalue weighted by Crippen LogP contribution is 2.36. The van der Waals surface area contributed by atoms with E-state index < -0.39 is 22.7 Å². The van der Waals surface area contributed by atoms with Crippen LogP contribution in [0.5, 0.6) is 0 Å². The van der Waals surface area contributed by atoms with Crippen molar-refractivity contribution in [2.45, 2.75) is 31.5 Å². The van der Waals surface area contributed by atoms with Crippen molar-refractivity contribution in [1.29, 1.82) is 0 Å². The van der Waals surface area contributed by atoms with E-state index in [2.05, 4.69) is 34.0 Å². The maximum Gasteiger partial charge on any atom is 0.417 e. The molecule has 2 unspecified atom stereocenters. The lowest BCUT2D eigenvalue weighted by molar-refractivity contribution is -0.137. The fraction of sp³-hybridized carbons (Fsp3) is 0.450. The number of alkyl halides is 3. The summed E-state index contributed by atoms with van der Waals surface area (Å²) in [5, 5.41) is 2.69. The fourth-order valence-corrected chi connectivity index (χ4v) is 4.47. The molecule has 1 aliphatic rings. The zero-order valence-electron chi connectivity index (χ0n) is 16.5. The van der Waals surface area contributed by atoms with Gasteiger partial charge in [-0.15, -0.1) is 0 Å². The van der Waals surface area contributed by atoms with Gasteiger partial charge in [0, 0.05) is 24.8 Å². The summed E-state index contributed by atoms with van der Waals surface area (Å²) < 4.78 is 38.9. The van der Waals surface area contributed by atoms with Crippen molar-refractivity contribution < 1.29 is 18.0 Å². The van der Waals surface area contributed by atoms with Crippen LogP contribution in [0.3, 0.4) is 0 Å². The first-order chi connectivity index (χ1) is 14.1. The number of carbonyl (C=O) groups is 1. The topological polar surface area (TPSA) is 58.1 Å². The summed E-state index contributed by atoms with van der Waals surface area (Å²) in [6.07, 6.45) is -1.94. The number of amides is 1. The molecular formula is C20H22ClF3N4OS. The van der Waals surface area contributed by atoms with E-state index in [1.54, 1.807) is 0 Å². The zero-order valence-corrected chi connectivity index (χ0v) is 18.1. The van der Waals surface area contributed by atoms with E-state index in [9.17, 15) is 18.0 Å². The normalized spacial score (nSPS) is 19.6. The van der Waals surface area contributed by atoms with E-state index in [0.717, 1.165) is 31.0 Å². The Labute approximate surface area is 182 Å². The lowest BCUT2D eigenvalue weighted by Crippen LogP contribution is -2.39. The molecule has 30 heavy (non-hydrogen) atoms. The van der Waals surface area contributed by atoms with Gasteiger partial charge in [-0.1, -0.05) is 37.2 Å². The standard InChI is InChI=1S/C20H22ClF3N4OS/c1-12-5-13(2)9-28(8-12)17-7-19(26-11-25-17)30-10-18(29)27-14-3-4-16(21)15(6-14)20(22,23)24/h3-4,6-7,11-13H,5,8-10H2,1-2H3,(H,27,29). The number of carbonyl (C=O) groups excluding carboxylic acids is 1. The first-order valence-electron chi connectivity index (χ1n) is 9.48. The van der Waals surface area contributed by atoms with E-state index in [4.69, 9.17) is 11.6 Å². The molecule has 3 rings (SSSR count). The third kappa shape index (κ3) is 6.01. The van der Waals surface area contributed by atoms with E-state index in [-0.39, 0.29) is 11.4 Å². The first kappa shape index (κ1) is 22.7. The quantitative estimate of drug-likeness (QED) is 0.482. The zero-order chi connectivity index (χ0) is 21.9. The number of piperidine rings is 1. The molecule has 2 heterocycles. The monoisotopic (exact) mass is 458 g/mol. The number of anilines is 2. The summed E-state index contributed by atoms with van der Waals surface area (Å²) in [5.41, 5.74) is -0.947. The predicted molar refractivity (Wildman–Crippen MR) is 113 cm³/mol. The van der Waals surface area contributed by atoms with Gasteiger partial charge in [0.2, 0.25) is 5.91 Å². The van der Waals surface area contributed by atoms with Crippen LogP contribution < -0.4 is 10.2 Å². The number of nitrogens with zero attached hydrogens (tertiary/aromatic N) is 3. The molecule has 0 aliphatic carbocycles. The Bertz CT molecular complexity index is 902. The van der Waals surface area contributed by atoms with E-state index in [0.29, 0.717) is 16.9 Å². The SMILES string of the molecule is CC1CC(C)CN(c2cc(SCC(=O)Nc3ccc(Cl)c(C(F)(F)F)c3)ncn2)C1. The second-order valence-electron chi connectivity index (χ2n) is 7.59. The second kappa shape index (κ2) is 9.43. The van der Waals surface area contributed by atoms with Gasteiger partial charge in [0.25, 0.3) is 0 Å². The lowest BCUT2D eigenvalue weighted by atomic mass is 9.92. The molecule has 1 N–H and O–H groups in total. The average Bonchev–Trinajstić information content (AvgIpc) is 2.66. The minimum absolute atomic E-state index is 0.00718. The number of benzene rings is 1. The number of nitrogens with one attached hydrogen (secondary N) is 1. The molecule has 1 aromatic carbocycles. The maximum atomic E-state index is 13.0. The highest BCUT2D eigenvalue weighted by molar-refractivity contribution is 7.99. The second-order valence-corrected chi connectivity index (χ2v) is 9.00. The van der Waals surface area contributed by atoms with E-state index in [1.807, 2.05) is 6.07 Å². The summed E-state index contributed by atoms with van der Waals surface area (Å²) in [7, 11) is 0. The molecule has 1 aromatic heterocycles. The highest BCUT2D eigenvalue weighted by atomic mass is 35.5. The maximum absolute atomic E-state index is 13.0. The van der Waals surface area contributed by atoms with Gasteiger partial charge < -0.3 is 10.2 Å². The lowest BCUT2D eigenvalue weighted by Gasteiger charge is -2.35. The predicted octanol–water partition coefficient (Wildman–Crippen LogP) is 5.36. The van der Waals surface area contributed by atoms with Crippen LogP contribution in [0.25, 0.3) is 0 Å². The summed E-state index contributed by atoms with van der Waals surface area (Å²) in [5.74, 6) is 1.54. The average molecular weight is 459 g/mol. The molecule has 0 radical (unpaired) electrons. The van der Waals surface area contributed by atoms with Gasteiger partial charge in [0.05, 0.1) is 16.3 Å². The molecule has 0 saturated carbocycles.